The molecular formula is C25H19Cl2F2NO4. The molecule has 1 amide bonds. The molecule has 0 saturated carbocycles. The number of hydrogen-bond donors (Lipinski definition) is 1. The summed E-state index contributed by atoms with van der Waals surface area (Å²) in [5, 5.41) is 10.2. The third-order valence-corrected chi connectivity index (χ3v) is 6.63. The second-order valence-electron chi connectivity index (χ2n) is 7.95. The number of morpholine rings is 1. The van der Waals surface area contributed by atoms with E-state index in [4.69, 9.17) is 27.9 Å². The molecule has 34 heavy (non-hydrogen) atoms. The molecule has 0 aliphatic carbocycles. The van der Waals surface area contributed by atoms with E-state index in [1.807, 2.05) is 0 Å². The summed E-state index contributed by atoms with van der Waals surface area (Å²) in [6.07, 6.45) is 0.589. The predicted octanol–water partition coefficient (Wildman–Crippen LogP) is 5.86. The molecule has 176 valence electrons. The number of halogens is 4. The van der Waals surface area contributed by atoms with E-state index in [2.05, 4.69) is 0 Å². The number of carboxylic acid groups (broad SMARTS) is 1. The minimum absolute atomic E-state index is 0.0237. The summed E-state index contributed by atoms with van der Waals surface area (Å²) in [5.74, 6) is -3.58. The molecule has 1 saturated heterocycles. The van der Waals surface area contributed by atoms with Gasteiger partial charge in [-0.2, -0.15) is 0 Å². The van der Waals surface area contributed by atoms with Gasteiger partial charge in [0, 0.05) is 11.8 Å². The number of rotatable bonds is 6. The summed E-state index contributed by atoms with van der Waals surface area (Å²) < 4.78 is 33.5. The van der Waals surface area contributed by atoms with E-state index in [0.717, 1.165) is 12.1 Å². The van der Waals surface area contributed by atoms with E-state index in [-0.39, 0.29) is 35.8 Å². The molecule has 1 atom stereocenters. The van der Waals surface area contributed by atoms with Gasteiger partial charge < -0.3 is 14.7 Å². The number of amides is 1. The van der Waals surface area contributed by atoms with Crippen LogP contribution < -0.4 is 4.90 Å². The number of carboxylic acids is 1. The van der Waals surface area contributed by atoms with E-state index in [9.17, 15) is 23.5 Å². The average Bonchev–Trinajstić information content (AvgIpc) is 2.82. The molecule has 0 spiro atoms. The molecule has 4 rings (SSSR count). The second-order valence-corrected chi connectivity index (χ2v) is 8.77. The highest BCUT2D eigenvalue weighted by atomic mass is 35.5. The Hall–Kier alpha value is -3.00. The van der Waals surface area contributed by atoms with Crippen molar-refractivity contribution in [2.75, 3.05) is 18.1 Å². The smallest absolute Gasteiger partial charge is 0.335 e. The van der Waals surface area contributed by atoms with Gasteiger partial charge in [0.2, 0.25) is 0 Å². The zero-order valence-corrected chi connectivity index (χ0v) is 19.2. The summed E-state index contributed by atoms with van der Waals surface area (Å²) in [7, 11) is 0. The number of ether oxygens (including phenoxy) is 1. The van der Waals surface area contributed by atoms with Gasteiger partial charge >= 0.3 is 5.97 Å². The van der Waals surface area contributed by atoms with Gasteiger partial charge in [0.25, 0.3) is 5.91 Å². The maximum Gasteiger partial charge on any atom is 0.335 e. The van der Waals surface area contributed by atoms with Crippen LogP contribution in [0.4, 0.5) is 14.5 Å². The fourth-order valence-corrected chi connectivity index (χ4v) is 4.39. The first-order chi connectivity index (χ1) is 16.2. The number of aromatic carboxylic acids is 1. The van der Waals surface area contributed by atoms with Crippen LogP contribution in [0.3, 0.4) is 0 Å². The van der Waals surface area contributed by atoms with E-state index in [1.54, 1.807) is 36.4 Å². The second kappa shape index (κ2) is 9.70. The molecule has 1 unspecified atom stereocenters. The molecule has 3 aromatic carbocycles. The fourth-order valence-electron chi connectivity index (χ4n) is 4.09. The molecule has 1 heterocycles. The van der Waals surface area contributed by atoms with Gasteiger partial charge in [-0.25, -0.2) is 13.6 Å². The average molecular weight is 506 g/mol. The van der Waals surface area contributed by atoms with Gasteiger partial charge in [-0.15, -0.1) is 0 Å². The lowest BCUT2D eigenvalue weighted by atomic mass is 9.85. The van der Waals surface area contributed by atoms with Crippen LogP contribution in [0.5, 0.6) is 0 Å². The lowest BCUT2D eigenvalue weighted by Gasteiger charge is -2.43. The van der Waals surface area contributed by atoms with Crippen LogP contribution in [-0.4, -0.2) is 30.1 Å². The molecule has 1 fully saturated rings. The van der Waals surface area contributed by atoms with Crippen molar-refractivity contribution in [1.29, 1.82) is 0 Å². The summed E-state index contributed by atoms with van der Waals surface area (Å²) in [5.41, 5.74) is 0.446. The molecule has 9 heteroatoms. The van der Waals surface area contributed by atoms with Crippen LogP contribution >= 0.6 is 23.2 Å². The van der Waals surface area contributed by atoms with Gasteiger partial charge in [0.1, 0.15) is 12.2 Å². The van der Waals surface area contributed by atoms with Crippen molar-refractivity contribution >= 4 is 40.8 Å². The number of aryl methyl sites for hydroxylation is 1. The molecule has 1 aliphatic heterocycles. The van der Waals surface area contributed by atoms with Crippen molar-refractivity contribution in [3.05, 3.63) is 99.0 Å². The normalized spacial score (nSPS) is 18.2. The Kier molecular flexibility index (Phi) is 6.89. The highest BCUT2D eigenvalue weighted by molar-refractivity contribution is 6.42. The molecule has 3 aromatic rings. The van der Waals surface area contributed by atoms with E-state index in [1.165, 1.54) is 17.0 Å². The zero-order valence-electron chi connectivity index (χ0n) is 17.7. The lowest BCUT2D eigenvalue weighted by Crippen LogP contribution is -2.53. The van der Waals surface area contributed by atoms with Crippen LogP contribution in [-0.2, 0) is 21.6 Å². The SMILES string of the molecule is O=C(O)c1ccccc1CCC1(c2ccc(Cl)c(Cl)c2)CN(c2ccc(F)c(F)c2)C(=O)CO1. The van der Waals surface area contributed by atoms with Crippen LogP contribution in [0.15, 0.2) is 60.7 Å². The van der Waals surface area contributed by atoms with Crippen molar-refractivity contribution in [2.45, 2.75) is 18.4 Å². The van der Waals surface area contributed by atoms with Crippen molar-refractivity contribution in [3.63, 3.8) is 0 Å². The van der Waals surface area contributed by atoms with Crippen LogP contribution in [0.25, 0.3) is 0 Å². The number of anilines is 1. The van der Waals surface area contributed by atoms with E-state index >= 15 is 0 Å². The highest BCUT2D eigenvalue weighted by Gasteiger charge is 2.42. The predicted molar refractivity (Wildman–Crippen MR) is 125 cm³/mol. The Morgan fingerprint density at radius 2 is 1.79 bits per heavy atom. The summed E-state index contributed by atoms with van der Waals surface area (Å²) >= 11 is 12.4. The third-order valence-electron chi connectivity index (χ3n) is 5.89. The van der Waals surface area contributed by atoms with Gasteiger partial charge in [0.15, 0.2) is 11.6 Å². The maximum atomic E-state index is 13.9. The zero-order chi connectivity index (χ0) is 24.5. The van der Waals surface area contributed by atoms with Crippen molar-refractivity contribution in [1.82, 2.24) is 0 Å². The van der Waals surface area contributed by atoms with Crippen LogP contribution in [0.2, 0.25) is 10.0 Å². The monoisotopic (exact) mass is 505 g/mol. The lowest BCUT2D eigenvalue weighted by molar-refractivity contribution is -0.140. The minimum atomic E-state index is -1.11. The van der Waals surface area contributed by atoms with Crippen LogP contribution in [0.1, 0.15) is 27.9 Å². The molecule has 0 radical (unpaired) electrons. The van der Waals surface area contributed by atoms with Gasteiger partial charge in [0.05, 0.1) is 22.2 Å². The largest absolute Gasteiger partial charge is 0.478 e. The van der Waals surface area contributed by atoms with Crippen molar-refractivity contribution < 1.29 is 28.2 Å². The first-order valence-electron chi connectivity index (χ1n) is 10.4. The molecule has 1 aliphatic rings. The van der Waals surface area contributed by atoms with Gasteiger partial charge in [-0.1, -0.05) is 47.5 Å². The van der Waals surface area contributed by atoms with E-state index < -0.39 is 29.1 Å². The summed E-state index contributed by atoms with van der Waals surface area (Å²) in [6.45, 7) is -0.343. The Bertz CT molecular complexity index is 1270. The highest BCUT2D eigenvalue weighted by Crippen LogP contribution is 2.39. The molecule has 0 aromatic heterocycles. The van der Waals surface area contributed by atoms with Gasteiger partial charge in [-0.05, 0) is 54.3 Å². The standard InChI is InChI=1S/C25H19Cl2F2NO4/c26-19-7-5-16(11-20(19)27)25(10-9-15-3-1-2-4-18(15)24(32)33)14-30(23(31)13-34-25)17-6-8-21(28)22(29)12-17/h1-8,11-12H,9-10,13-14H2,(H,32,33). The fraction of sp³-hybridized carbons (Fsp3) is 0.200. The van der Waals surface area contributed by atoms with Crippen molar-refractivity contribution in [2.24, 2.45) is 0 Å². The number of nitrogens with zero attached hydrogens (tertiary/aromatic N) is 1. The quantitative estimate of drug-likeness (QED) is 0.455. The molecule has 1 N–H and O–H groups in total. The first-order valence-corrected chi connectivity index (χ1v) is 11.1. The van der Waals surface area contributed by atoms with Gasteiger partial charge in [-0.3, -0.25) is 4.79 Å². The minimum Gasteiger partial charge on any atom is -0.478 e. The molecular weight excluding hydrogens is 487 g/mol. The molecule has 0 bridgehead atoms. The Morgan fingerprint density at radius 1 is 1.03 bits per heavy atom. The Labute approximate surface area is 204 Å². The summed E-state index contributed by atoms with van der Waals surface area (Å²) in [4.78, 5) is 25.7. The number of carbonyl (C=O) groups is 2. The van der Waals surface area contributed by atoms with Crippen LogP contribution in [0, 0.1) is 11.6 Å². The van der Waals surface area contributed by atoms with E-state index in [0.29, 0.717) is 22.6 Å². The summed E-state index contributed by atoms with van der Waals surface area (Å²) in [6, 6.07) is 14.8. The topological polar surface area (TPSA) is 66.8 Å². The first kappa shape index (κ1) is 24.1. The Morgan fingerprint density at radius 3 is 2.50 bits per heavy atom. The third kappa shape index (κ3) is 4.78. The Balaban J connectivity index is 1.75. The molecule has 5 nitrogen and oxygen atoms in total. The number of carbonyl (C=O) groups excluding carboxylic acids is 1. The number of hydrogen-bond acceptors (Lipinski definition) is 3. The van der Waals surface area contributed by atoms with Crippen molar-refractivity contribution in [3.8, 4) is 0 Å². The maximum absolute atomic E-state index is 13.9. The number of benzene rings is 3.